The second-order valence-corrected chi connectivity index (χ2v) is 8.81. The van der Waals surface area contributed by atoms with Crippen molar-refractivity contribution in [2.45, 2.75) is 45.8 Å². The Bertz CT molecular complexity index is 886. The number of ether oxygens (including phenoxy) is 1. The number of benzene rings is 1. The van der Waals surface area contributed by atoms with E-state index in [1.54, 1.807) is 24.3 Å². The minimum Gasteiger partial charge on any atom is -0.377 e. The van der Waals surface area contributed by atoms with Crippen LogP contribution < -0.4 is 5.32 Å². The molecule has 0 atom stereocenters. The molecule has 2 aliphatic rings. The topological polar surface area (TPSA) is 82.2 Å². The number of nitrogens with one attached hydrogen (secondary N) is 1. The van der Waals surface area contributed by atoms with Gasteiger partial charge in [0.15, 0.2) is 0 Å². The largest absolute Gasteiger partial charge is 0.377 e. The molecule has 0 spiro atoms. The maximum atomic E-state index is 13.4. The van der Waals surface area contributed by atoms with Crippen LogP contribution in [0.1, 0.15) is 39.2 Å². The summed E-state index contributed by atoms with van der Waals surface area (Å²) in [7, 11) is 4.01. The van der Waals surface area contributed by atoms with E-state index in [0.29, 0.717) is 29.1 Å². The number of piperidine rings is 1. The van der Waals surface area contributed by atoms with Crippen molar-refractivity contribution in [3.63, 3.8) is 0 Å². The zero-order valence-corrected chi connectivity index (χ0v) is 19.7. The highest BCUT2D eigenvalue weighted by Crippen LogP contribution is 2.34. The molecule has 0 saturated carbocycles. The van der Waals surface area contributed by atoms with Crippen molar-refractivity contribution in [3.8, 4) is 0 Å². The van der Waals surface area contributed by atoms with E-state index in [-0.39, 0.29) is 36.4 Å². The van der Waals surface area contributed by atoms with Gasteiger partial charge in [-0.15, -0.1) is 0 Å². The van der Waals surface area contributed by atoms with E-state index >= 15 is 0 Å². The van der Waals surface area contributed by atoms with Crippen molar-refractivity contribution < 1.29 is 19.1 Å². The molecule has 0 bridgehead atoms. The Labute approximate surface area is 190 Å². The third-order valence-electron chi connectivity index (χ3n) is 5.99. The monoisotopic (exact) mass is 442 g/mol. The van der Waals surface area contributed by atoms with Crippen LogP contribution in [0, 0.1) is 0 Å². The van der Waals surface area contributed by atoms with Gasteiger partial charge in [0, 0.05) is 25.7 Å². The number of rotatable bonds is 8. The summed E-state index contributed by atoms with van der Waals surface area (Å²) in [6, 6.07) is 7.25. The van der Waals surface area contributed by atoms with Gasteiger partial charge in [-0.05, 0) is 64.5 Å². The summed E-state index contributed by atoms with van der Waals surface area (Å²) in [6.45, 7) is 7.72. The summed E-state index contributed by atoms with van der Waals surface area (Å²) in [4.78, 5) is 43.7. The summed E-state index contributed by atoms with van der Waals surface area (Å²) in [5, 5.41) is 2.73. The standard InChI is InChI=1S/C24H34N4O4/c1-16(2)32-15-14-28-23(30)21(18-6-8-19(9-7-18)25-17(3)29)22(24(28)31)27(5)20-10-12-26(4)13-11-20/h6-9,16,20H,10-15H2,1-5H3,(H,25,29). The van der Waals surface area contributed by atoms with Crippen LogP contribution in [0.15, 0.2) is 30.0 Å². The Kier molecular flexibility index (Phi) is 7.69. The number of amides is 3. The summed E-state index contributed by atoms with van der Waals surface area (Å²) < 4.78 is 5.59. The van der Waals surface area contributed by atoms with Crippen LogP contribution in [0.5, 0.6) is 0 Å². The van der Waals surface area contributed by atoms with Gasteiger partial charge >= 0.3 is 0 Å². The summed E-state index contributed by atoms with van der Waals surface area (Å²) in [5.74, 6) is -0.739. The molecular formula is C24H34N4O4. The molecule has 1 fully saturated rings. The van der Waals surface area contributed by atoms with E-state index < -0.39 is 0 Å². The van der Waals surface area contributed by atoms with Gasteiger partial charge in [0.1, 0.15) is 5.70 Å². The Morgan fingerprint density at radius 2 is 1.78 bits per heavy atom. The average Bonchev–Trinajstić information content (AvgIpc) is 2.98. The Morgan fingerprint density at radius 1 is 1.16 bits per heavy atom. The number of hydrogen-bond acceptors (Lipinski definition) is 6. The van der Waals surface area contributed by atoms with Crippen molar-refractivity contribution in [2.24, 2.45) is 0 Å². The lowest BCUT2D eigenvalue weighted by molar-refractivity contribution is -0.138. The first kappa shape index (κ1) is 23.9. The van der Waals surface area contributed by atoms with Gasteiger partial charge in [-0.1, -0.05) is 12.1 Å². The number of hydrogen-bond donors (Lipinski definition) is 1. The molecule has 32 heavy (non-hydrogen) atoms. The van der Waals surface area contributed by atoms with Crippen molar-refractivity contribution in [1.82, 2.24) is 14.7 Å². The van der Waals surface area contributed by atoms with E-state index in [0.717, 1.165) is 25.9 Å². The smallest absolute Gasteiger partial charge is 0.277 e. The molecule has 0 aliphatic carbocycles. The fraction of sp³-hybridized carbons (Fsp3) is 0.542. The van der Waals surface area contributed by atoms with Crippen molar-refractivity contribution in [2.75, 3.05) is 45.7 Å². The predicted octanol–water partition coefficient (Wildman–Crippen LogP) is 2.18. The van der Waals surface area contributed by atoms with E-state index in [9.17, 15) is 14.4 Å². The minimum absolute atomic E-state index is 0.0259. The lowest BCUT2D eigenvalue weighted by atomic mass is 10.00. The average molecular weight is 443 g/mol. The van der Waals surface area contributed by atoms with Crippen LogP contribution in [0.3, 0.4) is 0 Å². The third kappa shape index (κ3) is 5.37. The third-order valence-corrected chi connectivity index (χ3v) is 5.99. The highest BCUT2D eigenvalue weighted by Gasteiger charge is 2.42. The fourth-order valence-electron chi connectivity index (χ4n) is 4.22. The summed E-state index contributed by atoms with van der Waals surface area (Å²) >= 11 is 0. The Morgan fingerprint density at radius 3 is 2.34 bits per heavy atom. The Hall–Kier alpha value is -2.71. The molecule has 8 nitrogen and oxygen atoms in total. The van der Waals surface area contributed by atoms with E-state index in [1.807, 2.05) is 25.8 Å². The predicted molar refractivity (Wildman–Crippen MR) is 124 cm³/mol. The van der Waals surface area contributed by atoms with Crippen LogP contribution in [-0.2, 0) is 19.1 Å². The van der Waals surface area contributed by atoms with Crippen molar-refractivity contribution in [3.05, 3.63) is 35.5 Å². The number of imide groups is 1. The molecule has 3 amide bonds. The van der Waals surface area contributed by atoms with Gasteiger partial charge < -0.3 is 19.9 Å². The van der Waals surface area contributed by atoms with Gasteiger partial charge in [-0.2, -0.15) is 0 Å². The first-order valence-electron chi connectivity index (χ1n) is 11.2. The van der Waals surface area contributed by atoms with Crippen LogP contribution in [0.2, 0.25) is 0 Å². The molecule has 1 aromatic carbocycles. The first-order chi connectivity index (χ1) is 15.2. The zero-order valence-electron chi connectivity index (χ0n) is 19.7. The maximum absolute atomic E-state index is 13.4. The maximum Gasteiger partial charge on any atom is 0.277 e. The SMILES string of the molecule is CC(=O)Nc1ccc(C2=C(N(C)C3CCN(C)CC3)C(=O)N(CCOC(C)C)C2=O)cc1. The van der Waals surface area contributed by atoms with Crippen LogP contribution in [0.4, 0.5) is 5.69 Å². The van der Waals surface area contributed by atoms with Crippen molar-refractivity contribution >= 4 is 29.0 Å². The molecule has 3 rings (SSSR count). The van der Waals surface area contributed by atoms with Gasteiger partial charge in [0.25, 0.3) is 11.8 Å². The van der Waals surface area contributed by atoms with Gasteiger partial charge in [0.2, 0.25) is 5.91 Å². The summed E-state index contributed by atoms with van der Waals surface area (Å²) in [5.41, 5.74) is 2.17. The van der Waals surface area contributed by atoms with Crippen LogP contribution in [-0.4, -0.2) is 84.9 Å². The van der Waals surface area contributed by atoms with E-state index in [1.165, 1.54) is 11.8 Å². The van der Waals surface area contributed by atoms with E-state index in [2.05, 4.69) is 17.3 Å². The zero-order chi connectivity index (χ0) is 23.4. The quantitative estimate of drug-likeness (QED) is 0.622. The Balaban J connectivity index is 1.93. The second-order valence-electron chi connectivity index (χ2n) is 8.81. The molecule has 2 heterocycles. The van der Waals surface area contributed by atoms with Crippen LogP contribution >= 0.6 is 0 Å². The van der Waals surface area contributed by atoms with Crippen molar-refractivity contribution in [1.29, 1.82) is 0 Å². The molecule has 8 heteroatoms. The first-order valence-corrected chi connectivity index (χ1v) is 11.2. The molecule has 2 aliphatic heterocycles. The summed E-state index contributed by atoms with van der Waals surface area (Å²) in [6.07, 6.45) is 1.89. The van der Waals surface area contributed by atoms with E-state index in [4.69, 9.17) is 4.74 Å². The minimum atomic E-state index is -0.301. The number of carbonyl (C=O) groups excluding carboxylic acids is 3. The highest BCUT2D eigenvalue weighted by atomic mass is 16.5. The molecule has 0 aromatic heterocycles. The fourth-order valence-corrected chi connectivity index (χ4v) is 4.22. The van der Waals surface area contributed by atoms with Crippen LogP contribution in [0.25, 0.3) is 5.57 Å². The molecule has 1 aromatic rings. The molecular weight excluding hydrogens is 408 g/mol. The molecule has 0 unspecified atom stereocenters. The highest BCUT2D eigenvalue weighted by molar-refractivity contribution is 6.35. The number of anilines is 1. The normalized spacial score (nSPS) is 18.1. The molecule has 174 valence electrons. The number of nitrogens with zero attached hydrogens (tertiary/aromatic N) is 3. The lowest BCUT2D eigenvalue weighted by Crippen LogP contribution is -2.44. The molecule has 1 N–H and O–H groups in total. The number of likely N-dealkylation sites (tertiary alicyclic amines) is 1. The van der Waals surface area contributed by atoms with Gasteiger partial charge in [-0.3, -0.25) is 19.3 Å². The number of carbonyl (C=O) groups is 3. The second kappa shape index (κ2) is 10.3. The number of likely N-dealkylation sites (N-methyl/N-ethyl adjacent to an activating group) is 1. The molecule has 1 saturated heterocycles. The van der Waals surface area contributed by atoms with Gasteiger partial charge in [0.05, 0.1) is 24.8 Å². The van der Waals surface area contributed by atoms with Gasteiger partial charge in [-0.25, -0.2) is 0 Å². The molecule has 0 radical (unpaired) electrons. The lowest BCUT2D eigenvalue weighted by Gasteiger charge is -2.36.